The van der Waals surface area contributed by atoms with Crippen LogP contribution in [0.5, 0.6) is 0 Å². The fraction of sp³-hybridized carbons (Fsp3) is 0.250. The topological polar surface area (TPSA) is 106 Å². The van der Waals surface area contributed by atoms with Gasteiger partial charge in [-0.05, 0) is 24.6 Å². The number of rotatable bonds is 2. The van der Waals surface area contributed by atoms with Crippen molar-refractivity contribution in [3.63, 3.8) is 0 Å². The van der Waals surface area contributed by atoms with Gasteiger partial charge in [0.05, 0.1) is 5.69 Å². The molecule has 0 saturated heterocycles. The van der Waals surface area contributed by atoms with Crippen molar-refractivity contribution in [2.24, 2.45) is 5.73 Å². The molecule has 1 atom stereocenters. The molecule has 5 N–H and O–H groups in total. The van der Waals surface area contributed by atoms with E-state index in [1.165, 1.54) is 18.2 Å². The highest BCUT2D eigenvalue weighted by molar-refractivity contribution is 7.86. The maximum absolute atomic E-state index is 10.8. The van der Waals surface area contributed by atoms with Crippen molar-refractivity contribution in [3.8, 4) is 0 Å². The Hall–Kier alpha value is -1.11. The lowest BCUT2D eigenvalue weighted by Gasteiger charge is -2.08. The van der Waals surface area contributed by atoms with E-state index >= 15 is 0 Å². The molecule has 0 saturated carbocycles. The molecular formula is C8H12N2O3S. The third-order valence-electron chi connectivity index (χ3n) is 1.84. The van der Waals surface area contributed by atoms with Crippen LogP contribution in [0, 0.1) is 0 Å². The largest absolute Gasteiger partial charge is 0.398 e. The SMILES string of the molecule is CC(N)c1ccc(S(=O)(=O)O)c(N)c1. The molecule has 0 aliphatic carbocycles. The summed E-state index contributed by atoms with van der Waals surface area (Å²) >= 11 is 0. The summed E-state index contributed by atoms with van der Waals surface area (Å²) in [6, 6.07) is 3.97. The predicted octanol–water partition coefficient (Wildman–Crippen LogP) is 0.535. The van der Waals surface area contributed by atoms with Gasteiger partial charge in [-0.3, -0.25) is 4.55 Å². The van der Waals surface area contributed by atoms with Gasteiger partial charge < -0.3 is 11.5 Å². The van der Waals surface area contributed by atoms with Crippen LogP contribution in [-0.2, 0) is 10.1 Å². The van der Waals surface area contributed by atoms with Crippen molar-refractivity contribution in [2.75, 3.05) is 5.73 Å². The van der Waals surface area contributed by atoms with Crippen LogP contribution in [0.1, 0.15) is 18.5 Å². The Labute approximate surface area is 82.5 Å². The molecule has 14 heavy (non-hydrogen) atoms. The average molecular weight is 216 g/mol. The highest BCUT2D eigenvalue weighted by Gasteiger charge is 2.14. The normalized spacial score (nSPS) is 13.9. The molecule has 0 aliphatic rings. The second kappa shape index (κ2) is 3.56. The summed E-state index contributed by atoms with van der Waals surface area (Å²) in [7, 11) is -4.24. The third kappa shape index (κ3) is 2.22. The van der Waals surface area contributed by atoms with Gasteiger partial charge in [-0.1, -0.05) is 6.07 Å². The first-order valence-corrected chi connectivity index (χ1v) is 5.39. The molecule has 1 unspecified atom stereocenters. The zero-order valence-electron chi connectivity index (χ0n) is 7.64. The van der Waals surface area contributed by atoms with Crippen molar-refractivity contribution < 1.29 is 13.0 Å². The van der Waals surface area contributed by atoms with E-state index in [4.69, 9.17) is 16.0 Å². The van der Waals surface area contributed by atoms with Gasteiger partial charge in [0.1, 0.15) is 4.90 Å². The Morgan fingerprint density at radius 2 is 2.00 bits per heavy atom. The molecule has 0 aromatic heterocycles. The van der Waals surface area contributed by atoms with Crippen LogP contribution in [0.25, 0.3) is 0 Å². The van der Waals surface area contributed by atoms with E-state index in [1.807, 2.05) is 0 Å². The highest BCUT2D eigenvalue weighted by Crippen LogP contribution is 2.21. The van der Waals surface area contributed by atoms with E-state index in [0.717, 1.165) is 5.56 Å². The van der Waals surface area contributed by atoms with Crippen molar-refractivity contribution in [2.45, 2.75) is 17.9 Å². The van der Waals surface area contributed by atoms with Crippen molar-refractivity contribution in [1.29, 1.82) is 0 Å². The smallest absolute Gasteiger partial charge is 0.296 e. The van der Waals surface area contributed by atoms with E-state index in [0.29, 0.717) is 0 Å². The second-order valence-electron chi connectivity index (χ2n) is 3.06. The Bertz CT molecular complexity index is 440. The number of hydrogen-bond donors (Lipinski definition) is 3. The molecule has 1 aromatic rings. The summed E-state index contributed by atoms with van der Waals surface area (Å²) in [4.78, 5) is -0.290. The minimum atomic E-state index is -4.24. The Balaban J connectivity index is 3.28. The lowest BCUT2D eigenvalue weighted by atomic mass is 10.1. The van der Waals surface area contributed by atoms with Crippen LogP contribution in [0.2, 0.25) is 0 Å². The van der Waals surface area contributed by atoms with Gasteiger partial charge in [0.2, 0.25) is 0 Å². The molecule has 0 amide bonds. The van der Waals surface area contributed by atoms with Crippen LogP contribution < -0.4 is 11.5 Å². The molecule has 0 fully saturated rings. The van der Waals surface area contributed by atoms with Gasteiger partial charge in [-0.15, -0.1) is 0 Å². The number of benzene rings is 1. The van der Waals surface area contributed by atoms with Gasteiger partial charge >= 0.3 is 0 Å². The van der Waals surface area contributed by atoms with Crippen molar-refractivity contribution in [3.05, 3.63) is 23.8 Å². The molecule has 5 nitrogen and oxygen atoms in total. The van der Waals surface area contributed by atoms with E-state index in [2.05, 4.69) is 0 Å². The quantitative estimate of drug-likeness (QED) is 0.494. The molecular weight excluding hydrogens is 204 g/mol. The Morgan fingerprint density at radius 3 is 2.36 bits per heavy atom. The van der Waals surface area contributed by atoms with Gasteiger partial charge in [-0.25, -0.2) is 0 Å². The monoisotopic (exact) mass is 216 g/mol. The standard InChI is InChI=1S/C8H12N2O3S/c1-5(9)6-2-3-8(7(10)4-6)14(11,12)13/h2-5H,9-10H2,1H3,(H,11,12,13). The van der Waals surface area contributed by atoms with Crippen LogP contribution in [0.15, 0.2) is 23.1 Å². The van der Waals surface area contributed by atoms with Crippen LogP contribution in [0.3, 0.4) is 0 Å². The van der Waals surface area contributed by atoms with Crippen molar-refractivity contribution >= 4 is 15.8 Å². The molecule has 1 rings (SSSR count). The molecule has 0 radical (unpaired) electrons. The first-order valence-electron chi connectivity index (χ1n) is 3.95. The first-order chi connectivity index (χ1) is 6.32. The summed E-state index contributed by atoms with van der Waals surface area (Å²) < 4.78 is 30.3. The van der Waals surface area contributed by atoms with Gasteiger partial charge in [0.15, 0.2) is 0 Å². The molecule has 6 heteroatoms. The van der Waals surface area contributed by atoms with Crippen molar-refractivity contribution in [1.82, 2.24) is 0 Å². The summed E-state index contributed by atoms with van der Waals surface area (Å²) in [5.41, 5.74) is 11.7. The third-order valence-corrected chi connectivity index (χ3v) is 2.77. The maximum Gasteiger partial charge on any atom is 0.296 e. The van der Waals surface area contributed by atoms with Crippen LogP contribution >= 0.6 is 0 Å². The summed E-state index contributed by atoms with van der Waals surface area (Å²) in [6.45, 7) is 1.75. The number of nitrogen functional groups attached to an aromatic ring is 1. The summed E-state index contributed by atoms with van der Waals surface area (Å²) in [6.07, 6.45) is 0. The van der Waals surface area contributed by atoms with E-state index < -0.39 is 10.1 Å². The molecule has 0 aliphatic heterocycles. The van der Waals surface area contributed by atoms with Crippen LogP contribution in [-0.4, -0.2) is 13.0 Å². The van der Waals surface area contributed by atoms with Gasteiger partial charge in [0.25, 0.3) is 10.1 Å². The van der Waals surface area contributed by atoms with Gasteiger partial charge in [0, 0.05) is 6.04 Å². The minimum absolute atomic E-state index is 0.00213. The molecule has 0 heterocycles. The molecule has 78 valence electrons. The highest BCUT2D eigenvalue weighted by atomic mass is 32.2. The first kappa shape index (κ1) is 11.0. The molecule has 0 bridgehead atoms. The second-order valence-corrected chi connectivity index (χ2v) is 4.45. The van der Waals surface area contributed by atoms with E-state index in [1.54, 1.807) is 6.92 Å². The zero-order valence-corrected chi connectivity index (χ0v) is 8.45. The predicted molar refractivity (Wildman–Crippen MR) is 53.3 cm³/mol. The van der Waals surface area contributed by atoms with E-state index in [-0.39, 0.29) is 16.6 Å². The Kier molecular flexibility index (Phi) is 2.79. The minimum Gasteiger partial charge on any atom is -0.398 e. The summed E-state index contributed by atoms with van der Waals surface area (Å²) in [5, 5.41) is 0. The summed E-state index contributed by atoms with van der Waals surface area (Å²) in [5.74, 6) is 0. The lowest BCUT2D eigenvalue weighted by molar-refractivity contribution is 0.483. The average Bonchev–Trinajstić information content (AvgIpc) is 2.01. The van der Waals surface area contributed by atoms with E-state index in [9.17, 15) is 8.42 Å². The fourth-order valence-corrected chi connectivity index (χ4v) is 1.68. The van der Waals surface area contributed by atoms with Gasteiger partial charge in [-0.2, -0.15) is 8.42 Å². The number of hydrogen-bond acceptors (Lipinski definition) is 4. The molecule has 0 spiro atoms. The molecule has 1 aromatic carbocycles. The number of nitrogens with two attached hydrogens (primary N) is 2. The fourth-order valence-electron chi connectivity index (χ4n) is 1.09. The maximum atomic E-state index is 10.8. The van der Waals surface area contributed by atoms with Crippen LogP contribution in [0.4, 0.5) is 5.69 Å². The Morgan fingerprint density at radius 1 is 1.43 bits per heavy atom. The number of anilines is 1. The zero-order chi connectivity index (χ0) is 10.9. The lowest BCUT2D eigenvalue weighted by Crippen LogP contribution is -2.08.